The number of carboxylic acids is 1. The zero-order valence-electron chi connectivity index (χ0n) is 14.0. The van der Waals surface area contributed by atoms with E-state index in [9.17, 15) is 18.8 Å². The van der Waals surface area contributed by atoms with E-state index in [4.69, 9.17) is 5.11 Å². The molecular formula is C20H18FNO4. The second kappa shape index (κ2) is 7.47. The fourth-order valence-electron chi connectivity index (χ4n) is 3.16. The molecule has 1 heterocycles. The third kappa shape index (κ3) is 3.79. The van der Waals surface area contributed by atoms with E-state index >= 15 is 0 Å². The van der Waals surface area contributed by atoms with Crippen molar-refractivity contribution in [2.24, 2.45) is 5.92 Å². The van der Waals surface area contributed by atoms with Crippen LogP contribution in [0.3, 0.4) is 0 Å². The number of aromatic carboxylic acids is 1. The monoisotopic (exact) mass is 355 g/mol. The Balaban J connectivity index is 1.63. The van der Waals surface area contributed by atoms with Crippen molar-refractivity contribution in [3.05, 3.63) is 71.0 Å². The Labute approximate surface area is 150 Å². The predicted octanol–water partition coefficient (Wildman–Crippen LogP) is 3.26. The summed E-state index contributed by atoms with van der Waals surface area (Å²) >= 11 is 0. The third-order valence-electron chi connectivity index (χ3n) is 4.64. The van der Waals surface area contributed by atoms with Crippen LogP contribution in [0.15, 0.2) is 48.5 Å². The number of ketones is 1. The van der Waals surface area contributed by atoms with Crippen LogP contribution in [0.5, 0.6) is 0 Å². The molecule has 0 radical (unpaired) electrons. The molecule has 6 heteroatoms. The number of Topliss-reactive ketones (excluding diaryl/α,β-unsaturated/α-hetero) is 1. The molecule has 134 valence electrons. The van der Waals surface area contributed by atoms with Crippen molar-refractivity contribution in [3.8, 4) is 0 Å². The van der Waals surface area contributed by atoms with Gasteiger partial charge in [0.05, 0.1) is 5.56 Å². The number of rotatable bonds is 4. The molecule has 1 amide bonds. The Bertz CT molecular complexity index is 839. The minimum atomic E-state index is -1.08. The zero-order chi connectivity index (χ0) is 18.7. The van der Waals surface area contributed by atoms with Gasteiger partial charge in [0.1, 0.15) is 5.82 Å². The average Bonchev–Trinajstić information content (AvgIpc) is 2.67. The summed E-state index contributed by atoms with van der Waals surface area (Å²) in [5.74, 6) is -1.94. The molecule has 2 aromatic rings. The summed E-state index contributed by atoms with van der Waals surface area (Å²) < 4.78 is 13.0. The molecule has 0 bridgehead atoms. The molecule has 0 saturated carbocycles. The van der Waals surface area contributed by atoms with Crippen molar-refractivity contribution in [1.29, 1.82) is 0 Å². The summed E-state index contributed by atoms with van der Waals surface area (Å²) in [6, 6.07) is 11.4. The van der Waals surface area contributed by atoms with E-state index in [1.54, 1.807) is 17.0 Å². The van der Waals surface area contributed by atoms with Gasteiger partial charge in [-0.1, -0.05) is 6.07 Å². The number of piperidine rings is 1. The molecule has 0 unspecified atom stereocenters. The van der Waals surface area contributed by atoms with Crippen molar-refractivity contribution in [2.75, 3.05) is 13.1 Å². The van der Waals surface area contributed by atoms with Crippen LogP contribution >= 0.6 is 0 Å². The summed E-state index contributed by atoms with van der Waals surface area (Å²) in [7, 11) is 0. The lowest BCUT2D eigenvalue weighted by Gasteiger charge is -2.31. The lowest BCUT2D eigenvalue weighted by molar-refractivity contribution is 0.0650. The van der Waals surface area contributed by atoms with Gasteiger partial charge in [-0.15, -0.1) is 0 Å². The van der Waals surface area contributed by atoms with Crippen molar-refractivity contribution < 1.29 is 23.9 Å². The van der Waals surface area contributed by atoms with Gasteiger partial charge in [0.2, 0.25) is 0 Å². The van der Waals surface area contributed by atoms with Gasteiger partial charge in [0, 0.05) is 30.1 Å². The quantitative estimate of drug-likeness (QED) is 0.854. The summed E-state index contributed by atoms with van der Waals surface area (Å²) in [5, 5.41) is 9.04. The molecular weight excluding hydrogens is 337 g/mol. The molecule has 0 atom stereocenters. The highest BCUT2D eigenvalue weighted by Gasteiger charge is 2.28. The second-order valence-corrected chi connectivity index (χ2v) is 6.32. The lowest BCUT2D eigenvalue weighted by atomic mass is 9.88. The van der Waals surface area contributed by atoms with Crippen LogP contribution in [-0.4, -0.2) is 40.8 Å². The van der Waals surface area contributed by atoms with E-state index in [0.29, 0.717) is 37.1 Å². The number of likely N-dealkylation sites (tertiary alicyclic amines) is 1. The highest BCUT2D eigenvalue weighted by Crippen LogP contribution is 2.23. The van der Waals surface area contributed by atoms with Gasteiger partial charge < -0.3 is 10.0 Å². The van der Waals surface area contributed by atoms with E-state index in [0.717, 1.165) is 0 Å². The Morgan fingerprint density at radius 2 is 1.54 bits per heavy atom. The largest absolute Gasteiger partial charge is 0.478 e. The molecule has 26 heavy (non-hydrogen) atoms. The number of carbonyl (C=O) groups excluding carboxylic acids is 2. The number of amides is 1. The maximum atomic E-state index is 13.0. The number of hydrogen-bond donors (Lipinski definition) is 1. The van der Waals surface area contributed by atoms with Crippen molar-refractivity contribution in [2.45, 2.75) is 12.8 Å². The predicted molar refractivity (Wildman–Crippen MR) is 92.8 cm³/mol. The zero-order valence-corrected chi connectivity index (χ0v) is 14.0. The maximum Gasteiger partial charge on any atom is 0.335 e. The van der Waals surface area contributed by atoms with Gasteiger partial charge in [0.15, 0.2) is 5.78 Å². The highest BCUT2D eigenvalue weighted by molar-refractivity contribution is 5.99. The minimum Gasteiger partial charge on any atom is -0.478 e. The summed E-state index contributed by atoms with van der Waals surface area (Å²) in [6.07, 6.45) is 1.06. The number of benzene rings is 2. The van der Waals surface area contributed by atoms with Crippen LogP contribution in [0, 0.1) is 11.7 Å². The third-order valence-corrected chi connectivity index (χ3v) is 4.64. The number of hydrogen-bond acceptors (Lipinski definition) is 3. The van der Waals surface area contributed by atoms with E-state index in [2.05, 4.69) is 0 Å². The van der Waals surface area contributed by atoms with Gasteiger partial charge in [-0.3, -0.25) is 9.59 Å². The molecule has 1 aliphatic rings. The number of carbonyl (C=O) groups is 3. The minimum absolute atomic E-state index is 0.0371. The van der Waals surface area contributed by atoms with Crippen LogP contribution < -0.4 is 0 Å². The molecule has 2 aromatic carbocycles. The van der Waals surface area contributed by atoms with E-state index in [-0.39, 0.29) is 29.0 Å². The molecule has 1 fully saturated rings. The summed E-state index contributed by atoms with van der Waals surface area (Å²) in [5.41, 5.74) is 0.871. The molecule has 1 saturated heterocycles. The van der Waals surface area contributed by atoms with Crippen molar-refractivity contribution in [1.82, 2.24) is 4.90 Å². The summed E-state index contributed by atoms with van der Waals surface area (Å²) in [4.78, 5) is 37.7. The second-order valence-electron chi connectivity index (χ2n) is 6.32. The molecule has 0 spiro atoms. The smallest absolute Gasteiger partial charge is 0.335 e. The van der Waals surface area contributed by atoms with E-state index in [1.807, 2.05) is 0 Å². The van der Waals surface area contributed by atoms with Crippen molar-refractivity contribution in [3.63, 3.8) is 0 Å². The molecule has 5 nitrogen and oxygen atoms in total. The average molecular weight is 355 g/mol. The van der Waals surface area contributed by atoms with Crippen LogP contribution in [0.4, 0.5) is 4.39 Å². The Kier molecular flexibility index (Phi) is 5.11. The Morgan fingerprint density at radius 3 is 2.15 bits per heavy atom. The first kappa shape index (κ1) is 17.8. The fourth-order valence-corrected chi connectivity index (χ4v) is 3.16. The van der Waals surface area contributed by atoms with E-state index in [1.165, 1.54) is 36.4 Å². The first-order valence-electron chi connectivity index (χ1n) is 8.38. The standard InChI is InChI=1S/C20H18FNO4/c21-17-6-4-13(5-7-17)18(23)14-8-10-22(11-9-14)19(24)15-2-1-3-16(12-15)20(25)26/h1-7,12,14H,8-11H2,(H,25,26). The first-order chi connectivity index (χ1) is 12.5. The van der Waals surface area contributed by atoms with Gasteiger partial charge in [-0.25, -0.2) is 9.18 Å². The van der Waals surface area contributed by atoms with Gasteiger partial charge >= 0.3 is 5.97 Å². The molecule has 0 aromatic heterocycles. The normalized spacial score (nSPS) is 14.9. The molecule has 0 aliphatic carbocycles. The topological polar surface area (TPSA) is 74.7 Å². The highest BCUT2D eigenvalue weighted by atomic mass is 19.1. The number of nitrogens with zero attached hydrogens (tertiary/aromatic N) is 1. The van der Waals surface area contributed by atoms with Crippen LogP contribution in [-0.2, 0) is 0 Å². The lowest BCUT2D eigenvalue weighted by Crippen LogP contribution is -2.40. The van der Waals surface area contributed by atoms with Gasteiger partial charge in [-0.2, -0.15) is 0 Å². The molecule has 1 aliphatic heterocycles. The van der Waals surface area contributed by atoms with Crippen LogP contribution in [0.2, 0.25) is 0 Å². The summed E-state index contributed by atoms with van der Waals surface area (Å²) in [6.45, 7) is 0.849. The van der Waals surface area contributed by atoms with E-state index < -0.39 is 5.97 Å². The fraction of sp³-hybridized carbons (Fsp3) is 0.250. The SMILES string of the molecule is O=C(O)c1cccc(C(=O)N2CCC(C(=O)c3ccc(F)cc3)CC2)c1. The maximum absolute atomic E-state index is 13.0. The van der Waals surface area contributed by atoms with Gasteiger partial charge in [-0.05, 0) is 55.3 Å². The number of halogens is 1. The molecule has 1 N–H and O–H groups in total. The van der Waals surface area contributed by atoms with Crippen LogP contribution in [0.25, 0.3) is 0 Å². The van der Waals surface area contributed by atoms with Crippen LogP contribution in [0.1, 0.15) is 43.9 Å². The number of carboxylic acid groups (broad SMARTS) is 1. The Hall–Kier alpha value is -3.02. The first-order valence-corrected chi connectivity index (χ1v) is 8.38. The molecule has 3 rings (SSSR count). The Morgan fingerprint density at radius 1 is 0.923 bits per heavy atom. The van der Waals surface area contributed by atoms with Gasteiger partial charge in [0.25, 0.3) is 5.91 Å². The van der Waals surface area contributed by atoms with Crippen molar-refractivity contribution >= 4 is 17.7 Å².